The van der Waals surface area contributed by atoms with Gasteiger partial charge in [-0.2, -0.15) is 0 Å². The van der Waals surface area contributed by atoms with Crippen LogP contribution in [0.1, 0.15) is 31.7 Å². The van der Waals surface area contributed by atoms with Crippen LogP contribution in [0.15, 0.2) is 16.6 Å². The Kier molecular flexibility index (Phi) is 3.30. The standard InChI is InChI=1S/C12H13BrClFO/c1-12(16,6-7-2-3-7)8-4-5-9(13)10(14)11(8)15/h4-5,7,16H,2-3,6H2,1H3. The van der Waals surface area contributed by atoms with E-state index in [1.807, 2.05) is 0 Å². The van der Waals surface area contributed by atoms with Gasteiger partial charge in [-0.25, -0.2) is 4.39 Å². The van der Waals surface area contributed by atoms with Crippen molar-refractivity contribution in [3.63, 3.8) is 0 Å². The predicted molar refractivity (Wildman–Crippen MR) is 66.0 cm³/mol. The van der Waals surface area contributed by atoms with Gasteiger partial charge < -0.3 is 5.11 Å². The summed E-state index contributed by atoms with van der Waals surface area (Å²) in [6, 6.07) is 3.26. The summed E-state index contributed by atoms with van der Waals surface area (Å²) >= 11 is 8.96. The van der Waals surface area contributed by atoms with E-state index in [-0.39, 0.29) is 10.6 Å². The zero-order chi connectivity index (χ0) is 11.9. The normalized spacial score (nSPS) is 19.6. The van der Waals surface area contributed by atoms with Crippen LogP contribution in [0.3, 0.4) is 0 Å². The lowest BCUT2D eigenvalue weighted by Gasteiger charge is -2.24. The summed E-state index contributed by atoms with van der Waals surface area (Å²) in [6.45, 7) is 1.65. The zero-order valence-electron chi connectivity index (χ0n) is 8.93. The van der Waals surface area contributed by atoms with Gasteiger partial charge in [-0.15, -0.1) is 0 Å². The quantitative estimate of drug-likeness (QED) is 0.828. The molecule has 1 nitrogen and oxygen atoms in total. The smallest absolute Gasteiger partial charge is 0.149 e. The van der Waals surface area contributed by atoms with Crippen LogP contribution in [-0.2, 0) is 5.60 Å². The first kappa shape index (κ1) is 12.3. The summed E-state index contributed by atoms with van der Waals surface area (Å²) in [4.78, 5) is 0. The Morgan fingerprint density at radius 1 is 1.56 bits per heavy atom. The summed E-state index contributed by atoms with van der Waals surface area (Å²) in [5.74, 6) is -0.00138. The van der Waals surface area contributed by atoms with Crippen LogP contribution in [0.25, 0.3) is 0 Å². The van der Waals surface area contributed by atoms with E-state index in [0.29, 0.717) is 16.8 Å². The zero-order valence-corrected chi connectivity index (χ0v) is 11.3. The molecule has 0 aliphatic heterocycles. The van der Waals surface area contributed by atoms with Crippen LogP contribution in [0, 0.1) is 11.7 Å². The van der Waals surface area contributed by atoms with Crippen LogP contribution in [-0.4, -0.2) is 5.11 Å². The number of halogens is 3. The minimum Gasteiger partial charge on any atom is -0.385 e. The van der Waals surface area contributed by atoms with Gasteiger partial charge in [0.05, 0.1) is 10.6 Å². The van der Waals surface area contributed by atoms with Gasteiger partial charge in [0.2, 0.25) is 0 Å². The van der Waals surface area contributed by atoms with Gasteiger partial charge in [0, 0.05) is 10.0 Å². The van der Waals surface area contributed by atoms with Crippen molar-refractivity contribution in [2.45, 2.75) is 31.8 Å². The first-order chi connectivity index (χ1) is 7.42. The van der Waals surface area contributed by atoms with Crippen LogP contribution in [0.4, 0.5) is 4.39 Å². The largest absolute Gasteiger partial charge is 0.385 e. The third kappa shape index (κ3) is 2.41. The monoisotopic (exact) mass is 306 g/mol. The highest BCUT2D eigenvalue weighted by Crippen LogP contribution is 2.42. The average Bonchev–Trinajstić information content (AvgIpc) is 2.97. The lowest BCUT2D eigenvalue weighted by atomic mass is 9.90. The van der Waals surface area contributed by atoms with Crippen molar-refractivity contribution in [3.05, 3.63) is 33.0 Å². The topological polar surface area (TPSA) is 20.2 Å². The minimum atomic E-state index is -1.13. The van der Waals surface area contributed by atoms with E-state index >= 15 is 0 Å². The number of aliphatic hydroxyl groups is 1. The van der Waals surface area contributed by atoms with Gasteiger partial charge in [0.1, 0.15) is 5.82 Å². The number of hydrogen-bond acceptors (Lipinski definition) is 1. The molecular formula is C12H13BrClFO. The highest BCUT2D eigenvalue weighted by atomic mass is 79.9. The number of hydrogen-bond donors (Lipinski definition) is 1. The van der Waals surface area contributed by atoms with Gasteiger partial charge in [-0.05, 0) is 41.3 Å². The fraction of sp³-hybridized carbons (Fsp3) is 0.500. The number of rotatable bonds is 3. The Morgan fingerprint density at radius 2 is 2.19 bits per heavy atom. The molecule has 1 aliphatic carbocycles. The van der Waals surface area contributed by atoms with Crippen molar-refractivity contribution >= 4 is 27.5 Å². The van der Waals surface area contributed by atoms with Gasteiger partial charge in [-0.1, -0.05) is 30.5 Å². The molecule has 1 N–H and O–H groups in total. The summed E-state index contributed by atoms with van der Waals surface area (Å²) < 4.78 is 14.4. The Labute approximate surface area is 108 Å². The van der Waals surface area contributed by atoms with E-state index < -0.39 is 11.4 Å². The second kappa shape index (κ2) is 4.28. The average molecular weight is 308 g/mol. The van der Waals surface area contributed by atoms with Crippen molar-refractivity contribution < 1.29 is 9.50 Å². The van der Waals surface area contributed by atoms with Gasteiger partial charge in [0.25, 0.3) is 0 Å². The maximum atomic E-state index is 13.9. The molecule has 1 aromatic carbocycles. The first-order valence-electron chi connectivity index (χ1n) is 5.28. The Bertz CT molecular complexity index is 416. The molecule has 1 saturated carbocycles. The molecule has 0 spiro atoms. The molecule has 0 heterocycles. The molecule has 1 unspecified atom stereocenters. The van der Waals surface area contributed by atoms with E-state index in [0.717, 1.165) is 12.8 Å². The molecule has 88 valence electrons. The van der Waals surface area contributed by atoms with Crippen LogP contribution >= 0.6 is 27.5 Å². The van der Waals surface area contributed by atoms with E-state index in [1.54, 1.807) is 19.1 Å². The molecule has 0 bridgehead atoms. The molecular weight excluding hydrogens is 294 g/mol. The van der Waals surface area contributed by atoms with E-state index in [2.05, 4.69) is 15.9 Å². The highest BCUT2D eigenvalue weighted by Gasteiger charge is 2.35. The van der Waals surface area contributed by atoms with E-state index in [1.165, 1.54) is 0 Å². The summed E-state index contributed by atoms with van der Waals surface area (Å²) in [5.41, 5.74) is -0.845. The van der Waals surface area contributed by atoms with E-state index in [4.69, 9.17) is 11.6 Å². The molecule has 2 rings (SSSR count). The van der Waals surface area contributed by atoms with Crippen LogP contribution < -0.4 is 0 Å². The molecule has 0 saturated heterocycles. The molecule has 0 aromatic heterocycles. The third-order valence-corrected chi connectivity index (χ3v) is 4.26. The maximum absolute atomic E-state index is 13.9. The third-order valence-electron chi connectivity index (χ3n) is 3.00. The van der Waals surface area contributed by atoms with Crippen molar-refractivity contribution in [2.75, 3.05) is 0 Å². The first-order valence-corrected chi connectivity index (χ1v) is 6.45. The maximum Gasteiger partial charge on any atom is 0.149 e. The van der Waals surface area contributed by atoms with Crippen molar-refractivity contribution in [1.82, 2.24) is 0 Å². The van der Waals surface area contributed by atoms with Crippen molar-refractivity contribution in [1.29, 1.82) is 0 Å². The fourth-order valence-electron chi connectivity index (χ4n) is 1.94. The Morgan fingerprint density at radius 3 is 2.75 bits per heavy atom. The molecule has 1 fully saturated rings. The van der Waals surface area contributed by atoms with Gasteiger partial charge >= 0.3 is 0 Å². The molecule has 0 amide bonds. The van der Waals surface area contributed by atoms with Crippen molar-refractivity contribution in [2.24, 2.45) is 5.92 Å². The van der Waals surface area contributed by atoms with Gasteiger partial charge in [0.15, 0.2) is 0 Å². The van der Waals surface area contributed by atoms with Crippen LogP contribution in [0.5, 0.6) is 0 Å². The molecule has 1 aromatic rings. The summed E-state index contributed by atoms with van der Waals surface area (Å²) in [5, 5.41) is 10.3. The molecule has 4 heteroatoms. The highest BCUT2D eigenvalue weighted by molar-refractivity contribution is 9.10. The predicted octanol–water partition coefficient (Wildman–Crippen LogP) is 4.25. The summed E-state index contributed by atoms with van der Waals surface area (Å²) in [6.07, 6.45) is 2.85. The SMILES string of the molecule is CC(O)(CC1CC1)c1ccc(Br)c(Cl)c1F. The number of benzene rings is 1. The van der Waals surface area contributed by atoms with Crippen LogP contribution in [0.2, 0.25) is 5.02 Å². The molecule has 0 radical (unpaired) electrons. The molecule has 1 atom stereocenters. The fourth-order valence-corrected chi connectivity index (χ4v) is 2.41. The molecule has 1 aliphatic rings. The Hall–Kier alpha value is -0.120. The lowest BCUT2D eigenvalue weighted by Crippen LogP contribution is -2.23. The van der Waals surface area contributed by atoms with Gasteiger partial charge in [-0.3, -0.25) is 0 Å². The van der Waals surface area contributed by atoms with Crippen molar-refractivity contribution in [3.8, 4) is 0 Å². The lowest BCUT2D eigenvalue weighted by molar-refractivity contribution is 0.0381. The summed E-state index contributed by atoms with van der Waals surface area (Å²) in [7, 11) is 0. The second-order valence-corrected chi connectivity index (χ2v) is 5.88. The van der Waals surface area contributed by atoms with E-state index in [9.17, 15) is 9.50 Å². The second-order valence-electron chi connectivity index (χ2n) is 4.64. The Balaban J connectivity index is 2.34. The minimum absolute atomic E-state index is 0.0357. The molecule has 16 heavy (non-hydrogen) atoms.